The average Bonchev–Trinajstić information content (AvgIpc) is 3.08. The smallest absolute Gasteiger partial charge is 0.244 e. The summed E-state index contributed by atoms with van der Waals surface area (Å²) in [6.07, 6.45) is 3.63. The lowest BCUT2D eigenvalue weighted by Gasteiger charge is -2.36. The first-order valence-corrected chi connectivity index (χ1v) is 8.47. The summed E-state index contributed by atoms with van der Waals surface area (Å²) in [5, 5.41) is 11.9. The molecule has 6 heteroatoms. The van der Waals surface area contributed by atoms with E-state index in [2.05, 4.69) is 16.0 Å². The molecule has 1 atom stereocenters. The molecule has 1 aliphatic heterocycles. The first-order chi connectivity index (χ1) is 11.2. The van der Waals surface area contributed by atoms with Gasteiger partial charge in [-0.2, -0.15) is 5.26 Å². The molecular formula is C17H18N4OS. The predicted molar refractivity (Wildman–Crippen MR) is 90.1 cm³/mol. The first-order valence-electron chi connectivity index (χ1n) is 7.59. The van der Waals surface area contributed by atoms with Crippen LogP contribution < -0.4 is 4.90 Å². The molecule has 1 fully saturated rings. The van der Waals surface area contributed by atoms with Crippen molar-refractivity contribution in [3.8, 4) is 6.07 Å². The number of hydrogen-bond donors (Lipinski definition) is 0. The number of nitrogens with zero attached hydrogens (tertiary/aromatic N) is 4. The van der Waals surface area contributed by atoms with E-state index < -0.39 is 0 Å². The second-order valence-corrected chi connectivity index (χ2v) is 6.63. The number of piperidine rings is 1. The maximum Gasteiger partial charge on any atom is 0.244 e. The quantitative estimate of drug-likeness (QED) is 0.866. The van der Waals surface area contributed by atoms with E-state index in [1.807, 2.05) is 29.5 Å². The van der Waals surface area contributed by atoms with Crippen molar-refractivity contribution in [2.24, 2.45) is 0 Å². The fraction of sp³-hybridized carbons (Fsp3) is 0.353. The van der Waals surface area contributed by atoms with E-state index in [1.54, 1.807) is 29.7 Å². The minimum absolute atomic E-state index is 0.122. The van der Waals surface area contributed by atoms with Crippen LogP contribution in [-0.2, 0) is 11.3 Å². The van der Waals surface area contributed by atoms with Crippen molar-refractivity contribution in [2.75, 3.05) is 18.5 Å². The number of benzene rings is 1. The second kappa shape index (κ2) is 6.90. The number of likely N-dealkylation sites (N-methyl/N-ethyl adjacent to an activating group) is 1. The Morgan fingerprint density at radius 1 is 1.43 bits per heavy atom. The summed E-state index contributed by atoms with van der Waals surface area (Å²) >= 11 is 1.61. The van der Waals surface area contributed by atoms with Gasteiger partial charge in [0.25, 0.3) is 0 Å². The Morgan fingerprint density at radius 3 is 2.87 bits per heavy atom. The van der Waals surface area contributed by atoms with Gasteiger partial charge in [0, 0.05) is 23.8 Å². The van der Waals surface area contributed by atoms with Gasteiger partial charge in [0.2, 0.25) is 5.91 Å². The van der Waals surface area contributed by atoms with Crippen molar-refractivity contribution in [1.29, 1.82) is 5.26 Å². The highest BCUT2D eigenvalue weighted by atomic mass is 32.1. The van der Waals surface area contributed by atoms with Crippen LogP contribution in [-0.4, -0.2) is 35.4 Å². The minimum Gasteiger partial charge on any atom is -0.311 e. The minimum atomic E-state index is -0.122. The van der Waals surface area contributed by atoms with Crippen LogP contribution >= 0.6 is 11.3 Å². The molecule has 0 saturated carbocycles. The lowest BCUT2D eigenvalue weighted by atomic mass is 10.0. The Balaban J connectivity index is 1.73. The van der Waals surface area contributed by atoms with E-state index >= 15 is 0 Å². The molecule has 1 amide bonds. The number of rotatable bonds is 4. The summed E-state index contributed by atoms with van der Waals surface area (Å²) in [6, 6.07) is 9.19. The van der Waals surface area contributed by atoms with Crippen LogP contribution in [0.3, 0.4) is 0 Å². The number of carbonyl (C=O) groups is 1. The molecule has 0 N–H and O–H groups in total. The van der Waals surface area contributed by atoms with Gasteiger partial charge in [0.1, 0.15) is 5.01 Å². The molecule has 1 saturated heterocycles. The number of amides is 1. The summed E-state index contributed by atoms with van der Waals surface area (Å²) in [4.78, 5) is 21.1. The van der Waals surface area contributed by atoms with Crippen molar-refractivity contribution < 1.29 is 4.79 Å². The largest absolute Gasteiger partial charge is 0.311 e. The molecule has 5 nitrogen and oxygen atoms in total. The molecule has 0 spiro atoms. The molecule has 1 aliphatic rings. The van der Waals surface area contributed by atoms with Gasteiger partial charge < -0.3 is 4.90 Å². The Kier molecular flexibility index (Phi) is 4.70. The zero-order valence-corrected chi connectivity index (χ0v) is 13.8. The van der Waals surface area contributed by atoms with E-state index in [0.717, 1.165) is 30.1 Å². The van der Waals surface area contributed by atoms with Crippen LogP contribution in [0.4, 0.5) is 5.69 Å². The standard InChI is InChI=1S/C17H18N4OS/c1-20(12-16-19-8-10-23-16)15-3-2-9-21(17(15)22)14-6-4-13(11-18)5-7-14/h4-8,10,15H,2-3,9,12H2,1H3/t15-/m0/s1. The maximum absolute atomic E-state index is 12.9. The molecule has 0 radical (unpaired) electrons. The predicted octanol–water partition coefficient (Wildman–Crippen LogP) is 2.64. The van der Waals surface area contributed by atoms with Crippen LogP contribution in [0.25, 0.3) is 0 Å². The SMILES string of the molecule is CN(Cc1nccs1)[C@H]1CCCN(c2ccc(C#N)cc2)C1=O. The van der Waals surface area contributed by atoms with Crippen LogP contribution in [0.1, 0.15) is 23.4 Å². The molecule has 0 aliphatic carbocycles. The van der Waals surface area contributed by atoms with Gasteiger partial charge in [-0.1, -0.05) is 0 Å². The molecule has 118 valence electrons. The summed E-state index contributed by atoms with van der Waals surface area (Å²) in [5.41, 5.74) is 1.47. The van der Waals surface area contributed by atoms with Crippen LogP contribution in [0, 0.1) is 11.3 Å². The Hall–Kier alpha value is -2.23. The van der Waals surface area contributed by atoms with E-state index in [1.165, 1.54) is 0 Å². The van der Waals surface area contributed by atoms with E-state index in [0.29, 0.717) is 12.1 Å². The fourth-order valence-corrected chi connectivity index (χ4v) is 3.57. The lowest BCUT2D eigenvalue weighted by Crippen LogP contribution is -2.51. The molecule has 1 aromatic carbocycles. The summed E-state index contributed by atoms with van der Waals surface area (Å²) < 4.78 is 0. The number of anilines is 1. The monoisotopic (exact) mass is 326 g/mol. The summed E-state index contributed by atoms with van der Waals surface area (Å²) in [6.45, 7) is 1.42. The molecule has 1 aromatic heterocycles. The topological polar surface area (TPSA) is 60.2 Å². The van der Waals surface area contributed by atoms with E-state index in [-0.39, 0.29) is 11.9 Å². The molecule has 3 rings (SSSR count). The number of aromatic nitrogens is 1. The van der Waals surface area contributed by atoms with Gasteiger partial charge in [-0.15, -0.1) is 11.3 Å². The number of carbonyl (C=O) groups excluding carboxylic acids is 1. The zero-order valence-electron chi connectivity index (χ0n) is 13.0. The molecular weight excluding hydrogens is 308 g/mol. The van der Waals surface area contributed by atoms with Gasteiger partial charge in [-0.3, -0.25) is 9.69 Å². The van der Waals surface area contributed by atoms with Gasteiger partial charge >= 0.3 is 0 Å². The van der Waals surface area contributed by atoms with Gasteiger partial charge in [0.15, 0.2) is 0 Å². The first kappa shape index (κ1) is 15.7. The Bertz CT molecular complexity index is 705. The van der Waals surface area contributed by atoms with Gasteiger partial charge in [-0.05, 0) is 44.2 Å². The number of thiazole rings is 1. The van der Waals surface area contributed by atoms with Crippen molar-refractivity contribution in [3.05, 3.63) is 46.4 Å². The second-order valence-electron chi connectivity index (χ2n) is 5.65. The summed E-state index contributed by atoms with van der Waals surface area (Å²) in [7, 11) is 1.98. The maximum atomic E-state index is 12.9. The molecule has 2 aromatic rings. The molecule has 0 bridgehead atoms. The summed E-state index contributed by atoms with van der Waals surface area (Å²) in [5.74, 6) is 0.125. The van der Waals surface area contributed by atoms with Gasteiger partial charge in [-0.25, -0.2) is 4.98 Å². The molecule has 0 unspecified atom stereocenters. The number of hydrogen-bond acceptors (Lipinski definition) is 5. The third kappa shape index (κ3) is 3.41. The Labute approximate surface area is 139 Å². The Morgan fingerprint density at radius 2 is 2.22 bits per heavy atom. The normalized spacial score (nSPS) is 18.2. The van der Waals surface area contributed by atoms with Crippen molar-refractivity contribution >= 4 is 22.9 Å². The van der Waals surface area contributed by atoms with Crippen LogP contribution in [0.15, 0.2) is 35.8 Å². The number of nitriles is 1. The van der Waals surface area contributed by atoms with E-state index in [4.69, 9.17) is 5.26 Å². The van der Waals surface area contributed by atoms with Crippen molar-refractivity contribution in [1.82, 2.24) is 9.88 Å². The highest BCUT2D eigenvalue weighted by molar-refractivity contribution is 7.09. The van der Waals surface area contributed by atoms with E-state index in [9.17, 15) is 4.79 Å². The molecule has 2 heterocycles. The van der Waals surface area contributed by atoms with Crippen molar-refractivity contribution in [2.45, 2.75) is 25.4 Å². The third-order valence-corrected chi connectivity index (χ3v) is 4.88. The lowest BCUT2D eigenvalue weighted by molar-refractivity contribution is -0.125. The molecule has 23 heavy (non-hydrogen) atoms. The van der Waals surface area contributed by atoms with Gasteiger partial charge in [0.05, 0.1) is 24.2 Å². The van der Waals surface area contributed by atoms with Crippen molar-refractivity contribution in [3.63, 3.8) is 0 Å². The van der Waals surface area contributed by atoms with Crippen LogP contribution in [0.2, 0.25) is 0 Å². The fourth-order valence-electron chi connectivity index (χ4n) is 2.89. The zero-order chi connectivity index (χ0) is 16.2. The third-order valence-electron chi connectivity index (χ3n) is 4.12. The average molecular weight is 326 g/mol. The highest BCUT2D eigenvalue weighted by Gasteiger charge is 2.32. The van der Waals surface area contributed by atoms with Crippen LogP contribution in [0.5, 0.6) is 0 Å². The highest BCUT2D eigenvalue weighted by Crippen LogP contribution is 2.24.